The second-order valence-electron chi connectivity index (χ2n) is 5.70. The third-order valence-corrected chi connectivity index (χ3v) is 3.17. The Labute approximate surface area is 154 Å². The summed E-state index contributed by atoms with van der Waals surface area (Å²) in [6.07, 6.45) is -1.60. The second-order valence-corrected chi connectivity index (χ2v) is 5.70. The minimum Gasteiger partial charge on any atom is -0.543 e. The second kappa shape index (κ2) is 5.46. The molecule has 100 valence electrons. The Kier molecular flexibility index (Phi) is 4.92. The number of carboxylic acid groups (broad SMARTS) is 1. The Morgan fingerprint density at radius 1 is 1.47 bits per heavy atom. The molecule has 1 amide bonds. The van der Waals surface area contributed by atoms with Crippen LogP contribution in [-0.2, 0) is 14.3 Å². The number of aliphatic hydroxyl groups is 1. The van der Waals surface area contributed by atoms with Crippen LogP contribution >= 0.6 is 0 Å². The van der Waals surface area contributed by atoms with Gasteiger partial charge in [0.25, 0.3) is 0 Å². The van der Waals surface area contributed by atoms with Gasteiger partial charge in [-0.2, -0.15) is 0 Å². The molecule has 0 aromatic carbocycles. The van der Waals surface area contributed by atoms with E-state index in [4.69, 9.17) is 4.74 Å². The van der Waals surface area contributed by atoms with Gasteiger partial charge in [0, 0.05) is 5.41 Å². The van der Waals surface area contributed by atoms with Crippen LogP contribution in [0.4, 0.5) is 0 Å². The maximum absolute atomic E-state index is 11.8. The normalized spacial score (nSPS) is 27.2. The largest absolute Gasteiger partial charge is 1.00 e. The molecule has 0 bridgehead atoms. The van der Waals surface area contributed by atoms with E-state index in [0.29, 0.717) is 0 Å². The van der Waals surface area contributed by atoms with Crippen LogP contribution in [0.25, 0.3) is 0 Å². The van der Waals surface area contributed by atoms with E-state index >= 15 is 0 Å². The standard InChI is InChI=1S/C12H17NO5.K/c1-5(14)6-9(15)13-7(11(16)17)8(12(2,3)4)18-10(6)13;/h5-6,10,14H,1-4H3,(H,16,17);/q;+1/p-1/t5-,6-,10+;/m0./s1. The number of nitrogens with zero attached hydrogens (tertiary/aromatic N) is 1. The van der Waals surface area contributed by atoms with Crippen LogP contribution in [0.2, 0.25) is 0 Å². The van der Waals surface area contributed by atoms with E-state index in [1.54, 1.807) is 20.8 Å². The topological polar surface area (TPSA) is 89.9 Å². The Balaban J connectivity index is 0.00000180. The van der Waals surface area contributed by atoms with Gasteiger partial charge in [0.2, 0.25) is 5.91 Å². The number of carbonyl (C=O) groups excluding carboxylic acids is 2. The summed E-state index contributed by atoms with van der Waals surface area (Å²) >= 11 is 0. The van der Waals surface area contributed by atoms with Crippen molar-refractivity contribution in [1.29, 1.82) is 0 Å². The van der Waals surface area contributed by atoms with Crippen molar-refractivity contribution in [3.05, 3.63) is 11.5 Å². The zero-order valence-electron chi connectivity index (χ0n) is 11.8. The molecule has 0 unspecified atom stereocenters. The number of carboxylic acids is 1. The number of carbonyl (C=O) groups is 2. The number of aliphatic hydroxyl groups excluding tert-OH is 1. The van der Waals surface area contributed by atoms with Crippen molar-refractivity contribution in [2.45, 2.75) is 40.0 Å². The number of ether oxygens (including phenoxy) is 1. The Morgan fingerprint density at radius 3 is 2.37 bits per heavy atom. The Hall–Kier alpha value is 0.0764. The van der Waals surface area contributed by atoms with Crippen molar-refractivity contribution < 1.29 is 75.9 Å². The van der Waals surface area contributed by atoms with Gasteiger partial charge in [0.1, 0.15) is 17.4 Å². The fraction of sp³-hybridized carbons (Fsp3) is 0.667. The van der Waals surface area contributed by atoms with Crippen LogP contribution in [0, 0.1) is 11.3 Å². The van der Waals surface area contributed by atoms with E-state index in [1.165, 1.54) is 6.92 Å². The average molecular weight is 293 g/mol. The quantitative estimate of drug-likeness (QED) is 0.416. The van der Waals surface area contributed by atoms with Crippen LogP contribution in [0.15, 0.2) is 11.5 Å². The third kappa shape index (κ3) is 2.64. The molecule has 0 saturated carbocycles. The maximum Gasteiger partial charge on any atom is 1.00 e. The van der Waals surface area contributed by atoms with Gasteiger partial charge in [-0.05, 0) is 6.92 Å². The van der Waals surface area contributed by atoms with E-state index in [-0.39, 0.29) is 62.8 Å². The van der Waals surface area contributed by atoms with Gasteiger partial charge in [-0.25, -0.2) is 0 Å². The average Bonchev–Trinajstić information content (AvgIpc) is 2.51. The van der Waals surface area contributed by atoms with E-state index in [9.17, 15) is 19.8 Å². The first-order valence-corrected chi connectivity index (χ1v) is 5.80. The summed E-state index contributed by atoms with van der Waals surface area (Å²) in [5, 5.41) is 20.7. The number of rotatable bonds is 2. The first-order chi connectivity index (χ1) is 8.16. The first-order valence-electron chi connectivity index (χ1n) is 5.80. The number of β-lactam (4-membered cyclic amide) rings is 1. The van der Waals surface area contributed by atoms with E-state index < -0.39 is 35.5 Å². The van der Waals surface area contributed by atoms with Gasteiger partial charge < -0.3 is 19.7 Å². The van der Waals surface area contributed by atoms with Crippen molar-refractivity contribution in [3.8, 4) is 0 Å². The van der Waals surface area contributed by atoms with Gasteiger partial charge in [-0.1, -0.05) is 20.8 Å². The molecular formula is C12H16KNO5. The predicted molar refractivity (Wildman–Crippen MR) is 58.4 cm³/mol. The fourth-order valence-corrected chi connectivity index (χ4v) is 2.30. The van der Waals surface area contributed by atoms with Gasteiger partial charge in [-0.3, -0.25) is 9.69 Å². The molecule has 2 aliphatic rings. The van der Waals surface area contributed by atoms with Gasteiger partial charge >= 0.3 is 51.4 Å². The summed E-state index contributed by atoms with van der Waals surface area (Å²) in [7, 11) is 0. The molecule has 1 fully saturated rings. The zero-order valence-corrected chi connectivity index (χ0v) is 14.9. The predicted octanol–water partition coefficient (Wildman–Crippen LogP) is -3.81. The summed E-state index contributed by atoms with van der Waals surface area (Å²) in [5.41, 5.74) is -0.759. The van der Waals surface area contributed by atoms with Crippen molar-refractivity contribution >= 4 is 11.9 Å². The monoisotopic (exact) mass is 293 g/mol. The van der Waals surface area contributed by atoms with Crippen molar-refractivity contribution in [1.82, 2.24) is 4.90 Å². The van der Waals surface area contributed by atoms with E-state index in [0.717, 1.165) is 4.90 Å². The molecule has 1 N–H and O–H groups in total. The van der Waals surface area contributed by atoms with E-state index in [1.807, 2.05) is 0 Å². The molecule has 0 spiro atoms. The molecule has 6 nitrogen and oxygen atoms in total. The summed E-state index contributed by atoms with van der Waals surface area (Å²) in [5.74, 6) is -2.35. The number of hydrogen-bond acceptors (Lipinski definition) is 5. The summed E-state index contributed by atoms with van der Waals surface area (Å²) in [4.78, 5) is 24.1. The molecule has 0 aromatic rings. The van der Waals surface area contributed by atoms with Crippen LogP contribution in [-0.4, -0.2) is 34.2 Å². The number of allylic oxidation sites excluding steroid dienone is 1. The number of aliphatic carboxylic acids is 1. The Morgan fingerprint density at radius 2 is 2.00 bits per heavy atom. The van der Waals surface area contributed by atoms with Crippen molar-refractivity contribution in [2.24, 2.45) is 11.3 Å². The van der Waals surface area contributed by atoms with Gasteiger partial charge in [0.15, 0.2) is 6.23 Å². The number of amides is 1. The Bertz CT molecular complexity index is 452. The molecule has 0 radical (unpaired) electrons. The maximum atomic E-state index is 11.8. The molecule has 2 heterocycles. The van der Waals surface area contributed by atoms with Gasteiger partial charge in [-0.15, -0.1) is 0 Å². The van der Waals surface area contributed by atoms with E-state index in [2.05, 4.69) is 0 Å². The van der Waals surface area contributed by atoms with Crippen molar-refractivity contribution in [3.63, 3.8) is 0 Å². The summed E-state index contributed by atoms with van der Waals surface area (Å²) < 4.78 is 5.55. The minimum atomic E-state index is -1.43. The summed E-state index contributed by atoms with van der Waals surface area (Å²) in [6.45, 7) is 6.86. The van der Waals surface area contributed by atoms with Crippen LogP contribution in [0.5, 0.6) is 0 Å². The number of hydrogen-bond donors (Lipinski definition) is 1. The molecular weight excluding hydrogens is 277 g/mol. The van der Waals surface area contributed by atoms with Gasteiger partial charge in [0.05, 0.1) is 12.1 Å². The molecule has 2 rings (SSSR count). The third-order valence-electron chi connectivity index (χ3n) is 3.17. The smallest absolute Gasteiger partial charge is 0.543 e. The van der Waals surface area contributed by atoms with Crippen LogP contribution in [0.1, 0.15) is 27.7 Å². The molecule has 1 saturated heterocycles. The first kappa shape index (κ1) is 17.1. The van der Waals surface area contributed by atoms with Crippen LogP contribution in [0.3, 0.4) is 0 Å². The molecule has 0 aliphatic carbocycles. The SMILES string of the molecule is C[C@H](O)[C@H]1C(=O)N2C(C(=O)[O-])=C(C(C)(C)C)O[C@H]12.[K+]. The number of fused-ring (bicyclic) bond motifs is 1. The van der Waals surface area contributed by atoms with Crippen LogP contribution < -0.4 is 56.5 Å². The zero-order chi connectivity index (χ0) is 13.8. The molecule has 7 heteroatoms. The molecule has 0 aromatic heterocycles. The fourth-order valence-electron chi connectivity index (χ4n) is 2.30. The molecule has 19 heavy (non-hydrogen) atoms. The van der Waals surface area contributed by atoms with Crippen molar-refractivity contribution in [2.75, 3.05) is 0 Å². The summed E-state index contributed by atoms with van der Waals surface area (Å²) in [6, 6.07) is 0. The molecule has 2 aliphatic heterocycles. The molecule has 3 atom stereocenters. The minimum absolute atomic E-state index is 0.